The molecule has 6 rings (SSSR count). The highest BCUT2D eigenvalue weighted by molar-refractivity contribution is 7.90. The van der Waals surface area contributed by atoms with Crippen LogP contribution in [0, 0.1) is 13.8 Å². The van der Waals surface area contributed by atoms with Gasteiger partial charge < -0.3 is 24.2 Å². The first kappa shape index (κ1) is 37.7. The first-order valence-electron chi connectivity index (χ1n) is 16.9. The summed E-state index contributed by atoms with van der Waals surface area (Å²) in [5, 5.41) is 12.2. The Balaban J connectivity index is 0.00000168. The second-order valence-corrected chi connectivity index (χ2v) is 14.6. The molecule has 14 nitrogen and oxygen atoms in total. The number of fused-ring (bicyclic) bond motifs is 5. The van der Waals surface area contributed by atoms with Gasteiger partial charge in [0, 0.05) is 68.7 Å². The molecule has 0 unspecified atom stereocenters. The summed E-state index contributed by atoms with van der Waals surface area (Å²) in [4.78, 5) is 49.4. The Bertz CT molecular complexity index is 2180. The van der Waals surface area contributed by atoms with E-state index in [0.717, 1.165) is 34.4 Å². The molecule has 2 aromatic carbocycles. The lowest BCUT2D eigenvalue weighted by Crippen LogP contribution is -2.37. The highest BCUT2D eigenvalue weighted by Gasteiger charge is 2.24. The molecule has 0 saturated heterocycles. The van der Waals surface area contributed by atoms with Crippen molar-refractivity contribution in [3.63, 3.8) is 0 Å². The smallest absolute Gasteiger partial charge is 0.290 e. The molecule has 0 spiro atoms. The van der Waals surface area contributed by atoms with Crippen LogP contribution in [-0.4, -0.2) is 105 Å². The monoisotopic (exact) mass is 729 g/mol. The fourth-order valence-corrected chi connectivity index (χ4v) is 7.03. The molecule has 2 amide bonds. The van der Waals surface area contributed by atoms with E-state index in [2.05, 4.69) is 19.6 Å². The number of aromatic nitrogens is 5. The number of hydrogen-bond acceptors (Lipinski definition) is 9. The lowest BCUT2D eigenvalue weighted by Gasteiger charge is -2.26. The Labute approximate surface area is 302 Å². The number of pyridine rings is 1. The number of aryl methyl sites for hydroxylation is 4. The third-order valence-corrected chi connectivity index (χ3v) is 9.89. The highest BCUT2D eigenvalue weighted by atomic mass is 32.2. The number of amides is 2. The molecule has 1 N–H and O–H groups in total. The van der Waals surface area contributed by atoms with Crippen LogP contribution in [0.5, 0.6) is 5.75 Å². The highest BCUT2D eigenvalue weighted by Crippen LogP contribution is 2.25. The number of carbonyl (C=O) groups excluding carboxylic acids is 2. The number of carboxylic acid groups (broad SMARTS) is 1. The van der Waals surface area contributed by atoms with Gasteiger partial charge in [0.2, 0.25) is 0 Å². The molecule has 5 aromatic rings. The number of carbonyl (C=O) groups is 3. The largest absolute Gasteiger partial charge is 0.492 e. The summed E-state index contributed by atoms with van der Waals surface area (Å²) >= 11 is 0. The predicted octanol–water partition coefficient (Wildman–Crippen LogP) is 4.40. The Morgan fingerprint density at radius 2 is 1.60 bits per heavy atom. The van der Waals surface area contributed by atoms with E-state index in [9.17, 15) is 18.0 Å². The average molecular weight is 730 g/mol. The van der Waals surface area contributed by atoms with Gasteiger partial charge in [0.25, 0.3) is 18.3 Å². The van der Waals surface area contributed by atoms with E-state index in [-0.39, 0.29) is 36.3 Å². The van der Waals surface area contributed by atoms with Crippen LogP contribution in [0.4, 0.5) is 0 Å². The summed E-state index contributed by atoms with van der Waals surface area (Å²) in [6.07, 6.45) is 6.82. The SMILES string of the molecule is Cc1cc(C(=O)N2CCCCN(C(=O)c3cccc(S(C)(=O)=O)c3)CCOc3cccc(c3)-c3nccn3CCC2)c2c(C)nn(C)c2n1.O=CO. The van der Waals surface area contributed by atoms with Crippen LogP contribution >= 0.6 is 0 Å². The molecule has 0 saturated carbocycles. The van der Waals surface area contributed by atoms with Gasteiger partial charge in [0.05, 0.1) is 28.1 Å². The van der Waals surface area contributed by atoms with E-state index < -0.39 is 9.84 Å². The molecule has 1 aliphatic heterocycles. The lowest BCUT2D eigenvalue weighted by molar-refractivity contribution is -0.122. The van der Waals surface area contributed by atoms with Crippen LogP contribution in [0.25, 0.3) is 22.4 Å². The zero-order chi connectivity index (χ0) is 37.4. The Morgan fingerprint density at radius 3 is 2.33 bits per heavy atom. The van der Waals surface area contributed by atoms with E-state index in [1.807, 2.05) is 62.3 Å². The van der Waals surface area contributed by atoms with E-state index in [1.54, 1.807) is 27.9 Å². The van der Waals surface area contributed by atoms with Crippen molar-refractivity contribution in [1.82, 2.24) is 34.1 Å². The van der Waals surface area contributed by atoms with Crippen molar-refractivity contribution >= 4 is 39.2 Å². The maximum absolute atomic E-state index is 14.3. The molecular formula is C37H43N7O7S. The van der Waals surface area contributed by atoms with Crippen molar-refractivity contribution in [3.8, 4) is 17.1 Å². The molecule has 2 bridgehead atoms. The van der Waals surface area contributed by atoms with Gasteiger partial charge in [-0.2, -0.15) is 5.10 Å². The lowest BCUT2D eigenvalue weighted by atomic mass is 10.1. The number of nitrogens with zero attached hydrogens (tertiary/aromatic N) is 7. The minimum atomic E-state index is -3.49. The van der Waals surface area contributed by atoms with Crippen LogP contribution in [0.1, 0.15) is 51.4 Å². The molecule has 1 aliphatic rings. The Morgan fingerprint density at radius 1 is 0.904 bits per heavy atom. The van der Waals surface area contributed by atoms with Crippen molar-refractivity contribution in [2.24, 2.45) is 7.05 Å². The zero-order valence-electron chi connectivity index (χ0n) is 29.7. The van der Waals surface area contributed by atoms with Crippen LogP contribution in [0.15, 0.2) is 71.9 Å². The number of rotatable bonds is 3. The van der Waals surface area contributed by atoms with E-state index in [1.165, 1.54) is 12.1 Å². The van der Waals surface area contributed by atoms with Crippen LogP contribution in [0.2, 0.25) is 0 Å². The third-order valence-electron chi connectivity index (χ3n) is 8.78. The van der Waals surface area contributed by atoms with Gasteiger partial charge in [-0.1, -0.05) is 18.2 Å². The van der Waals surface area contributed by atoms with Crippen LogP contribution < -0.4 is 4.74 Å². The standard InChI is InChI=1S/C36H41N7O5S.CH2O2/c1-25-22-31(32-26(2)39-40(3)34(32)38-25)36(45)42-15-5-6-16-43(35(44)28-11-8-13-30(24-28)49(4,46)47)20-21-48-29-12-7-10-27(23-29)33-37-14-19-41(33)17-9-18-42;2-1-3/h7-8,10-14,19,22-24H,5-6,9,15-18,20-21H2,1-4H3;1H,(H,2,3). The normalized spacial score (nSPS) is 14.4. The Kier molecular flexibility index (Phi) is 12.1. The fourth-order valence-electron chi connectivity index (χ4n) is 6.37. The van der Waals surface area contributed by atoms with Gasteiger partial charge in [-0.05, 0) is 69.5 Å². The number of imidazole rings is 1. The zero-order valence-corrected chi connectivity index (χ0v) is 30.5. The number of hydrogen-bond donors (Lipinski definition) is 1. The van der Waals surface area contributed by atoms with Gasteiger partial charge >= 0.3 is 0 Å². The summed E-state index contributed by atoms with van der Waals surface area (Å²) in [5.74, 6) is 1.09. The molecule has 0 radical (unpaired) electrons. The topological polar surface area (TPSA) is 170 Å². The molecule has 0 aliphatic carbocycles. The molecule has 4 heterocycles. The minimum Gasteiger partial charge on any atom is -0.492 e. The maximum atomic E-state index is 14.3. The van der Waals surface area contributed by atoms with Gasteiger partial charge in [-0.15, -0.1) is 0 Å². The second-order valence-electron chi connectivity index (χ2n) is 12.6. The first-order valence-corrected chi connectivity index (χ1v) is 18.8. The minimum absolute atomic E-state index is 0.0815. The van der Waals surface area contributed by atoms with Crippen LogP contribution in [0.3, 0.4) is 0 Å². The van der Waals surface area contributed by atoms with Gasteiger partial charge in [-0.3, -0.25) is 19.1 Å². The van der Waals surface area contributed by atoms with Crippen LogP contribution in [-0.2, 0) is 28.2 Å². The van der Waals surface area contributed by atoms with E-state index in [4.69, 9.17) is 14.6 Å². The molecule has 15 heteroatoms. The maximum Gasteiger partial charge on any atom is 0.290 e. The molecule has 0 atom stereocenters. The summed E-state index contributed by atoms with van der Waals surface area (Å²) < 4.78 is 34.4. The third kappa shape index (κ3) is 8.83. The quantitative estimate of drug-likeness (QED) is 0.263. The van der Waals surface area contributed by atoms with E-state index in [0.29, 0.717) is 68.0 Å². The number of benzene rings is 2. The summed E-state index contributed by atoms with van der Waals surface area (Å²) in [5.41, 5.74) is 3.94. The summed E-state index contributed by atoms with van der Waals surface area (Å²) in [6, 6.07) is 15.7. The molecule has 274 valence electrons. The van der Waals surface area contributed by atoms with Gasteiger partial charge in [0.15, 0.2) is 15.5 Å². The number of ether oxygens (including phenoxy) is 1. The molecule has 0 fully saturated rings. The van der Waals surface area contributed by atoms with E-state index >= 15 is 0 Å². The summed E-state index contributed by atoms with van der Waals surface area (Å²) in [6.45, 7) is 6.12. The fraction of sp³-hybridized carbons (Fsp3) is 0.351. The van der Waals surface area contributed by atoms with Crippen molar-refractivity contribution in [2.75, 3.05) is 39.0 Å². The molecule has 52 heavy (non-hydrogen) atoms. The van der Waals surface area contributed by atoms with Gasteiger partial charge in [-0.25, -0.2) is 18.4 Å². The Hall–Kier alpha value is -5.57. The van der Waals surface area contributed by atoms with Crippen molar-refractivity contribution in [2.45, 2.75) is 44.6 Å². The predicted molar refractivity (Wildman–Crippen MR) is 195 cm³/mol. The molecule has 3 aromatic heterocycles. The van der Waals surface area contributed by atoms with Crippen molar-refractivity contribution in [1.29, 1.82) is 0 Å². The summed E-state index contributed by atoms with van der Waals surface area (Å²) in [7, 11) is -1.66. The van der Waals surface area contributed by atoms with Crippen molar-refractivity contribution < 1.29 is 32.6 Å². The second kappa shape index (κ2) is 16.6. The molecular weight excluding hydrogens is 687 g/mol. The number of sulfone groups is 1. The van der Waals surface area contributed by atoms with Gasteiger partial charge in [0.1, 0.15) is 18.2 Å². The van der Waals surface area contributed by atoms with Crippen molar-refractivity contribution in [3.05, 3.63) is 89.5 Å². The average Bonchev–Trinajstić information content (AvgIpc) is 3.70. The first-order chi connectivity index (χ1) is 24.9.